The number of halogens is 1. The number of furan rings is 1. The van der Waals surface area contributed by atoms with E-state index in [0.29, 0.717) is 17.7 Å². The molecular weight excluding hydrogens is 438 g/mol. The summed E-state index contributed by atoms with van der Waals surface area (Å²) in [5, 5.41) is 3.88. The normalized spacial score (nSPS) is 11.0. The lowest BCUT2D eigenvalue weighted by Crippen LogP contribution is -2.35. The fraction of sp³-hybridized carbons (Fsp3) is 0.0476. The first-order chi connectivity index (χ1) is 14.1. The molecule has 0 aliphatic rings. The van der Waals surface area contributed by atoms with Crippen molar-refractivity contribution in [3.8, 4) is 0 Å². The number of nitrogens with one attached hydrogen (secondary N) is 1. The van der Waals surface area contributed by atoms with Gasteiger partial charge in [-0.15, -0.1) is 0 Å². The van der Waals surface area contributed by atoms with E-state index in [4.69, 9.17) is 4.42 Å². The number of amides is 2. The molecule has 1 heterocycles. The Morgan fingerprint density at radius 3 is 2.31 bits per heavy atom. The lowest BCUT2D eigenvalue weighted by molar-refractivity contribution is -0.113. The molecule has 0 atom stereocenters. The summed E-state index contributed by atoms with van der Waals surface area (Å²) in [6, 6.07) is 19.1. The fourth-order valence-electron chi connectivity index (χ4n) is 2.52. The number of hydrogen-bond donors (Lipinski definition) is 1. The Kier molecular flexibility index (Phi) is 6.70. The number of benzene rings is 2. The number of para-hydroxylation sites is 1. The number of nitrogens with zero attached hydrogens (tertiary/aromatic N) is 2. The van der Waals surface area contributed by atoms with Crippen LogP contribution in [0.3, 0.4) is 0 Å². The Bertz CT molecular complexity index is 1020. The summed E-state index contributed by atoms with van der Waals surface area (Å²) in [6.07, 6.45) is 1.64. The number of carbonyl (C=O) groups is 3. The summed E-state index contributed by atoms with van der Waals surface area (Å²) >= 11 is 3.37. The molecule has 0 radical (unpaired) electrons. The number of carbonyl (C=O) groups excluding carboxylic acids is 3. The van der Waals surface area contributed by atoms with E-state index in [1.54, 1.807) is 54.6 Å². The minimum absolute atomic E-state index is 0.0412. The number of anilines is 2. The van der Waals surface area contributed by atoms with Crippen molar-refractivity contribution >= 4 is 51.1 Å². The predicted octanol–water partition coefficient (Wildman–Crippen LogP) is 4.08. The highest BCUT2D eigenvalue weighted by Gasteiger charge is 2.23. The van der Waals surface area contributed by atoms with Crippen molar-refractivity contribution in [3.63, 3.8) is 0 Å². The summed E-state index contributed by atoms with van der Waals surface area (Å²) in [5.74, 6) is -1.12. The van der Waals surface area contributed by atoms with Gasteiger partial charge >= 0.3 is 5.91 Å². The highest BCUT2D eigenvalue weighted by atomic mass is 79.9. The van der Waals surface area contributed by atoms with E-state index in [9.17, 15) is 14.4 Å². The van der Waals surface area contributed by atoms with Gasteiger partial charge in [-0.3, -0.25) is 14.5 Å². The van der Waals surface area contributed by atoms with Crippen LogP contribution in [0.5, 0.6) is 0 Å². The largest absolute Gasteiger partial charge is 0.459 e. The van der Waals surface area contributed by atoms with Crippen molar-refractivity contribution in [3.05, 3.63) is 83.2 Å². The smallest absolute Gasteiger partial charge is 0.307 e. The summed E-state index contributed by atoms with van der Waals surface area (Å²) in [4.78, 5) is 37.9. The highest BCUT2D eigenvalue weighted by Crippen LogP contribution is 2.27. The van der Waals surface area contributed by atoms with Gasteiger partial charge in [-0.05, 0) is 48.5 Å². The van der Waals surface area contributed by atoms with E-state index in [-0.39, 0.29) is 17.9 Å². The zero-order chi connectivity index (χ0) is 20.6. The van der Waals surface area contributed by atoms with Crippen molar-refractivity contribution in [2.75, 3.05) is 4.90 Å². The molecule has 29 heavy (non-hydrogen) atoms. The number of rotatable bonds is 7. The van der Waals surface area contributed by atoms with E-state index in [1.165, 1.54) is 17.2 Å². The first-order valence-corrected chi connectivity index (χ1v) is 9.38. The molecule has 1 aromatic heterocycles. The molecule has 0 saturated heterocycles. The third-order valence-electron chi connectivity index (χ3n) is 3.86. The van der Waals surface area contributed by atoms with Crippen molar-refractivity contribution in [1.29, 1.82) is 0 Å². The Hall–Kier alpha value is -3.52. The third-order valence-corrected chi connectivity index (χ3v) is 4.39. The molecule has 0 unspecified atom stereocenters. The first kappa shape index (κ1) is 20.2. The lowest BCUT2D eigenvalue weighted by Gasteiger charge is -2.23. The topological polar surface area (TPSA) is 92.0 Å². The Labute approximate surface area is 175 Å². The van der Waals surface area contributed by atoms with Gasteiger partial charge in [-0.1, -0.05) is 34.1 Å². The molecule has 2 aromatic carbocycles. The van der Waals surface area contributed by atoms with Crippen LogP contribution in [0.25, 0.3) is 0 Å². The van der Waals surface area contributed by atoms with Crippen LogP contribution < -0.4 is 10.3 Å². The van der Waals surface area contributed by atoms with Crippen LogP contribution in [-0.2, 0) is 9.59 Å². The van der Waals surface area contributed by atoms with Crippen LogP contribution in [-0.4, -0.2) is 23.8 Å². The minimum atomic E-state index is -0.624. The van der Waals surface area contributed by atoms with Gasteiger partial charge in [0.15, 0.2) is 5.76 Å². The molecule has 0 saturated carbocycles. The Morgan fingerprint density at radius 2 is 1.69 bits per heavy atom. The van der Waals surface area contributed by atoms with E-state index in [0.717, 1.165) is 4.47 Å². The molecule has 2 amide bonds. The summed E-state index contributed by atoms with van der Waals surface area (Å²) in [7, 11) is 0. The van der Waals surface area contributed by atoms with E-state index in [1.807, 2.05) is 6.07 Å². The quantitative estimate of drug-likeness (QED) is 0.331. The zero-order valence-corrected chi connectivity index (χ0v) is 16.7. The van der Waals surface area contributed by atoms with Crippen molar-refractivity contribution in [1.82, 2.24) is 5.43 Å². The number of hydrazone groups is 1. The summed E-state index contributed by atoms with van der Waals surface area (Å²) < 4.78 is 5.85. The van der Waals surface area contributed by atoms with Crippen LogP contribution in [0.2, 0.25) is 0 Å². The maximum atomic E-state index is 13.3. The molecule has 0 spiro atoms. The molecule has 0 aliphatic heterocycles. The SMILES string of the molecule is O=CCC(=NNC(=O)c1ccco1)C(=O)N(c1ccccc1)c1ccc(Br)cc1. The molecule has 0 bridgehead atoms. The summed E-state index contributed by atoms with van der Waals surface area (Å²) in [6.45, 7) is 0. The van der Waals surface area contributed by atoms with Crippen molar-refractivity contribution in [2.24, 2.45) is 5.10 Å². The van der Waals surface area contributed by atoms with Crippen LogP contribution in [0.1, 0.15) is 17.0 Å². The van der Waals surface area contributed by atoms with Crippen molar-refractivity contribution < 1.29 is 18.8 Å². The maximum absolute atomic E-state index is 13.3. The molecular formula is C21H16BrN3O4. The zero-order valence-electron chi connectivity index (χ0n) is 15.1. The molecule has 3 rings (SSSR count). The van der Waals surface area contributed by atoms with Gasteiger partial charge in [-0.2, -0.15) is 5.10 Å². The van der Waals surface area contributed by atoms with Crippen LogP contribution in [0, 0.1) is 0 Å². The van der Waals surface area contributed by atoms with E-state index < -0.39 is 11.8 Å². The Balaban J connectivity index is 1.94. The molecule has 146 valence electrons. The average Bonchev–Trinajstić information content (AvgIpc) is 3.28. The lowest BCUT2D eigenvalue weighted by atomic mass is 10.2. The third kappa shape index (κ3) is 5.05. The summed E-state index contributed by atoms with van der Waals surface area (Å²) in [5.41, 5.74) is 3.32. The first-order valence-electron chi connectivity index (χ1n) is 8.59. The van der Waals surface area contributed by atoms with Crippen LogP contribution >= 0.6 is 15.9 Å². The number of hydrogen-bond acceptors (Lipinski definition) is 5. The predicted molar refractivity (Wildman–Crippen MR) is 112 cm³/mol. The molecule has 1 N–H and O–H groups in total. The van der Waals surface area contributed by atoms with Crippen molar-refractivity contribution in [2.45, 2.75) is 6.42 Å². The van der Waals surface area contributed by atoms with Gasteiger partial charge in [0, 0.05) is 15.8 Å². The van der Waals surface area contributed by atoms with Crippen LogP contribution in [0.4, 0.5) is 11.4 Å². The van der Waals surface area contributed by atoms with E-state index >= 15 is 0 Å². The van der Waals surface area contributed by atoms with Gasteiger partial charge in [0.1, 0.15) is 12.0 Å². The second-order valence-electron chi connectivity index (χ2n) is 5.80. The molecule has 0 fully saturated rings. The standard InChI is InChI=1S/C21H16BrN3O4/c22-15-8-10-17(11-9-15)25(16-5-2-1-3-6-16)21(28)18(12-13-26)23-24-20(27)19-7-4-14-29-19/h1-11,13-14H,12H2,(H,24,27). The molecule has 8 heteroatoms. The van der Waals surface area contributed by atoms with Gasteiger partial charge in [0.25, 0.3) is 5.91 Å². The average molecular weight is 454 g/mol. The second kappa shape index (κ2) is 9.61. The highest BCUT2D eigenvalue weighted by molar-refractivity contribution is 9.10. The van der Waals surface area contributed by atoms with Gasteiger partial charge in [0.05, 0.1) is 12.7 Å². The molecule has 7 nitrogen and oxygen atoms in total. The van der Waals surface area contributed by atoms with Crippen LogP contribution in [0.15, 0.2) is 87.0 Å². The van der Waals surface area contributed by atoms with Gasteiger partial charge < -0.3 is 9.21 Å². The van der Waals surface area contributed by atoms with E-state index in [2.05, 4.69) is 26.5 Å². The Morgan fingerprint density at radius 1 is 1.00 bits per heavy atom. The monoisotopic (exact) mass is 453 g/mol. The van der Waals surface area contributed by atoms with Gasteiger partial charge in [-0.25, -0.2) is 5.43 Å². The molecule has 0 aliphatic carbocycles. The second-order valence-corrected chi connectivity index (χ2v) is 6.72. The fourth-order valence-corrected chi connectivity index (χ4v) is 2.79. The van der Waals surface area contributed by atoms with Gasteiger partial charge in [0.2, 0.25) is 0 Å². The minimum Gasteiger partial charge on any atom is -0.459 e. The molecule has 3 aromatic rings. The maximum Gasteiger partial charge on any atom is 0.307 e. The number of aldehydes is 1.